The molecule has 0 N–H and O–H groups in total. The Morgan fingerprint density at radius 1 is 1.11 bits per heavy atom. The van der Waals surface area contributed by atoms with Gasteiger partial charge in [0.05, 0.1) is 23.6 Å². The fraction of sp³-hybridized carbons (Fsp3) is 0.250. The van der Waals surface area contributed by atoms with Gasteiger partial charge in [0.25, 0.3) is 5.91 Å². The first kappa shape index (κ1) is 21.0. The van der Waals surface area contributed by atoms with Crippen LogP contribution in [0.25, 0.3) is 0 Å². The van der Waals surface area contributed by atoms with Crippen LogP contribution in [0.5, 0.6) is 0 Å². The Morgan fingerprint density at radius 2 is 1.75 bits per heavy atom. The number of carbonyl (C=O) groups excluding carboxylic acids is 2. The molecule has 0 saturated heterocycles. The Morgan fingerprint density at radius 3 is 2.36 bits per heavy atom. The molecule has 0 saturated carbocycles. The molecule has 5 nitrogen and oxygen atoms in total. The summed E-state index contributed by atoms with van der Waals surface area (Å²) < 4.78 is 43.9. The largest absolute Gasteiger partial charge is 0.452 e. The molecule has 2 aromatic carbocycles. The zero-order valence-electron chi connectivity index (χ0n) is 15.0. The summed E-state index contributed by atoms with van der Waals surface area (Å²) in [6.07, 6.45) is -4.68. The van der Waals surface area contributed by atoms with Crippen molar-refractivity contribution >= 4 is 17.6 Å². The van der Waals surface area contributed by atoms with Crippen LogP contribution in [-0.2, 0) is 15.7 Å². The Balaban J connectivity index is 2.13. The standard InChI is InChI=1S/C20H17F3N2O3/c1-14-7-9-15(10-8-14)25(12-4-11-24)18(26)13-28-19(27)16-5-2-3-6-17(16)20(21,22)23/h2-3,5-10H,4,12-13H2,1H3. The van der Waals surface area contributed by atoms with Crippen LogP contribution in [0.3, 0.4) is 0 Å². The maximum atomic E-state index is 13.0. The van der Waals surface area contributed by atoms with Crippen LogP contribution in [0.2, 0.25) is 0 Å². The molecule has 0 aliphatic rings. The maximum absolute atomic E-state index is 13.0. The summed E-state index contributed by atoms with van der Waals surface area (Å²) in [5.74, 6) is -1.89. The molecule has 0 bridgehead atoms. The molecule has 28 heavy (non-hydrogen) atoms. The summed E-state index contributed by atoms with van der Waals surface area (Å²) in [5, 5.41) is 8.78. The fourth-order valence-corrected chi connectivity index (χ4v) is 2.48. The van der Waals surface area contributed by atoms with Crippen molar-refractivity contribution in [2.45, 2.75) is 19.5 Å². The Kier molecular flexibility index (Phi) is 6.77. The molecule has 0 aliphatic carbocycles. The summed E-state index contributed by atoms with van der Waals surface area (Å²) in [5.41, 5.74) is -0.335. The highest BCUT2D eigenvalue weighted by atomic mass is 19.4. The van der Waals surface area contributed by atoms with E-state index in [2.05, 4.69) is 0 Å². The topological polar surface area (TPSA) is 70.4 Å². The molecule has 0 fully saturated rings. The number of benzene rings is 2. The summed E-state index contributed by atoms with van der Waals surface area (Å²) >= 11 is 0. The highest BCUT2D eigenvalue weighted by molar-refractivity contribution is 5.97. The number of halogens is 3. The average molecular weight is 390 g/mol. The monoisotopic (exact) mass is 390 g/mol. The third-order valence-corrected chi connectivity index (χ3v) is 3.87. The lowest BCUT2D eigenvalue weighted by molar-refractivity contribution is -0.138. The van der Waals surface area contributed by atoms with Crippen LogP contribution in [-0.4, -0.2) is 25.0 Å². The van der Waals surface area contributed by atoms with Gasteiger partial charge in [0.1, 0.15) is 0 Å². The molecule has 0 spiro atoms. The normalized spacial score (nSPS) is 10.8. The number of amides is 1. The van der Waals surface area contributed by atoms with Crippen molar-refractivity contribution in [3.05, 3.63) is 65.2 Å². The van der Waals surface area contributed by atoms with Gasteiger partial charge in [0, 0.05) is 12.2 Å². The quantitative estimate of drug-likeness (QED) is 0.696. The SMILES string of the molecule is Cc1ccc(N(CCC#N)C(=O)COC(=O)c2ccccc2C(F)(F)F)cc1. The molecule has 2 aromatic rings. The Labute approximate surface area is 159 Å². The minimum atomic E-state index is -4.72. The number of hydrogen-bond donors (Lipinski definition) is 0. The van der Waals surface area contributed by atoms with Gasteiger partial charge < -0.3 is 9.64 Å². The van der Waals surface area contributed by atoms with Gasteiger partial charge >= 0.3 is 12.1 Å². The van der Waals surface area contributed by atoms with Crippen molar-refractivity contribution in [2.75, 3.05) is 18.1 Å². The first-order chi connectivity index (χ1) is 13.2. The van der Waals surface area contributed by atoms with Gasteiger partial charge in [-0.1, -0.05) is 29.8 Å². The first-order valence-electron chi connectivity index (χ1n) is 8.31. The number of rotatable bonds is 6. The number of anilines is 1. The second kappa shape index (κ2) is 9.04. The van der Waals surface area contributed by atoms with Gasteiger partial charge in [-0.15, -0.1) is 0 Å². The van der Waals surface area contributed by atoms with Crippen molar-refractivity contribution in [2.24, 2.45) is 0 Å². The molecule has 0 radical (unpaired) electrons. The van der Waals surface area contributed by atoms with Crippen molar-refractivity contribution < 1.29 is 27.5 Å². The third-order valence-electron chi connectivity index (χ3n) is 3.87. The highest BCUT2D eigenvalue weighted by Crippen LogP contribution is 2.32. The van der Waals surface area contributed by atoms with Crippen LogP contribution in [0, 0.1) is 18.3 Å². The van der Waals surface area contributed by atoms with Crippen LogP contribution < -0.4 is 4.90 Å². The molecule has 146 valence electrons. The summed E-state index contributed by atoms with van der Waals surface area (Å²) in [6.45, 7) is 1.19. The van der Waals surface area contributed by atoms with Crippen molar-refractivity contribution in [3.8, 4) is 6.07 Å². The molecule has 2 rings (SSSR count). The molecule has 8 heteroatoms. The van der Waals surface area contributed by atoms with Crippen LogP contribution in [0.15, 0.2) is 48.5 Å². The average Bonchev–Trinajstić information content (AvgIpc) is 2.67. The minimum Gasteiger partial charge on any atom is -0.452 e. The lowest BCUT2D eigenvalue weighted by atomic mass is 10.1. The van der Waals surface area contributed by atoms with Crippen LogP contribution in [0.4, 0.5) is 18.9 Å². The van der Waals surface area contributed by atoms with E-state index >= 15 is 0 Å². The molecule has 0 aromatic heterocycles. The van der Waals surface area contributed by atoms with E-state index in [0.717, 1.165) is 23.8 Å². The minimum absolute atomic E-state index is 0.0461. The molecule has 1 amide bonds. The number of nitrogens with zero attached hydrogens (tertiary/aromatic N) is 2. The molecule has 0 aliphatic heterocycles. The third kappa shape index (κ3) is 5.33. The van der Waals surface area contributed by atoms with Gasteiger partial charge in [-0.3, -0.25) is 4.79 Å². The van der Waals surface area contributed by atoms with Gasteiger partial charge in [-0.2, -0.15) is 18.4 Å². The lowest BCUT2D eigenvalue weighted by Crippen LogP contribution is -2.35. The van der Waals surface area contributed by atoms with Crippen molar-refractivity contribution in [1.29, 1.82) is 5.26 Å². The molecule has 0 atom stereocenters. The first-order valence-corrected chi connectivity index (χ1v) is 8.31. The van der Waals surface area contributed by atoms with E-state index in [4.69, 9.17) is 10.00 Å². The van der Waals surface area contributed by atoms with E-state index in [1.165, 1.54) is 11.0 Å². The number of ether oxygens (including phenoxy) is 1. The highest BCUT2D eigenvalue weighted by Gasteiger charge is 2.35. The van der Waals surface area contributed by atoms with Gasteiger partial charge in [0.2, 0.25) is 0 Å². The fourth-order valence-electron chi connectivity index (χ4n) is 2.48. The molecular weight excluding hydrogens is 373 g/mol. The summed E-state index contributed by atoms with van der Waals surface area (Å²) in [4.78, 5) is 25.8. The van der Waals surface area contributed by atoms with Crippen LogP contribution in [0.1, 0.15) is 27.9 Å². The van der Waals surface area contributed by atoms with E-state index in [0.29, 0.717) is 5.69 Å². The zero-order valence-corrected chi connectivity index (χ0v) is 15.0. The predicted octanol–water partition coefficient (Wildman–Crippen LogP) is 4.12. The molecule has 0 heterocycles. The number of esters is 1. The van der Waals surface area contributed by atoms with Crippen molar-refractivity contribution in [1.82, 2.24) is 0 Å². The van der Waals surface area contributed by atoms with Crippen molar-refractivity contribution in [3.63, 3.8) is 0 Å². The molecular formula is C20H17F3N2O3. The number of hydrogen-bond acceptors (Lipinski definition) is 4. The predicted molar refractivity (Wildman–Crippen MR) is 95.5 cm³/mol. The second-order valence-electron chi connectivity index (χ2n) is 5.91. The summed E-state index contributed by atoms with van der Waals surface area (Å²) in [7, 11) is 0. The number of aryl methyl sites for hydroxylation is 1. The van der Waals surface area contributed by atoms with Gasteiger partial charge in [-0.05, 0) is 31.2 Å². The van der Waals surface area contributed by atoms with E-state index < -0.39 is 35.8 Å². The Bertz CT molecular complexity index is 887. The number of alkyl halides is 3. The zero-order chi connectivity index (χ0) is 20.7. The maximum Gasteiger partial charge on any atom is 0.417 e. The van der Waals surface area contributed by atoms with E-state index in [-0.39, 0.29) is 13.0 Å². The number of carbonyl (C=O) groups is 2. The van der Waals surface area contributed by atoms with E-state index in [9.17, 15) is 22.8 Å². The number of nitriles is 1. The Hall–Kier alpha value is -3.34. The van der Waals surface area contributed by atoms with Gasteiger partial charge in [-0.25, -0.2) is 4.79 Å². The molecule has 0 unspecified atom stereocenters. The van der Waals surface area contributed by atoms with E-state index in [1.807, 2.05) is 13.0 Å². The summed E-state index contributed by atoms with van der Waals surface area (Å²) in [6, 6.07) is 13.0. The van der Waals surface area contributed by atoms with Gasteiger partial charge in [0.15, 0.2) is 6.61 Å². The van der Waals surface area contributed by atoms with Crippen LogP contribution >= 0.6 is 0 Å². The lowest BCUT2D eigenvalue weighted by Gasteiger charge is -2.22. The second-order valence-corrected chi connectivity index (χ2v) is 5.91. The smallest absolute Gasteiger partial charge is 0.417 e. The van der Waals surface area contributed by atoms with E-state index in [1.54, 1.807) is 24.3 Å².